The average Bonchev–Trinajstić information content (AvgIpc) is 2.76. The third-order valence-electron chi connectivity index (χ3n) is 4.63. The van der Waals surface area contributed by atoms with Gasteiger partial charge in [-0.2, -0.15) is 0 Å². The van der Waals surface area contributed by atoms with Crippen molar-refractivity contribution in [3.05, 3.63) is 79.0 Å². The fourth-order valence-electron chi connectivity index (χ4n) is 3.23. The molecule has 1 N–H and O–H groups in total. The number of benzene rings is 2. The van der Waals surface area contributed by atoms with Crippen molar-refractivity contribution in [1.29, 1.82) is 0 Å². The maximum atomic E-state index is 10.9. The van der Waals surface area contributed by atoms with E-state index in [1.54, 1.807) is 6.20 Å². The number of carbonyl (C=O) groups is 1. The van der Waals surface area contributed by atoms with E-state index in [0.717, 1.165) is 24.6 Å². The van der Waals surface area contributed by atoms with E-state index < -0.39 is 0 Å². The number of carbonyl (C=O) groups excluding carboxylic acids is 1. The van der Waals surface area contributed by atoms with E-state index in [9.17, 15) is 4.79 Å². The van der Waals surface area contributed by atoms with E-state index in [1.807, 2.05) is 24.3 Å². The molecule has 4 nitrogen and oxygen atoms in total. The summed E-state index contributed by atoms with van der Waals surface area (Å²) in [5, 5.41) is 2.71. The number of aromatic nitrogens is 1. The lowest BCUT2D eigenvalue weighted by atomic mass is 10.1. The minimum atomic E-state index is -0.0625. The Kier molecular flexibility index (Phi) is 7.19. The molecule has 3 aromatic rings. The zero-order chi connectivity index (χ0) is 19.6. The van der Waals surface area contributed by atoms with Crippen LogP contribution in [0.2, 0.25) is 0 Å². The summed E-state index contributed by atoms with van der Waals surface area (Å²) >= 11 is 0. The second-order valence-electron chi connectivity index (χ2n) is 6.87. The van der Waals surface area contributed by atoms with Crippen molar-refractivity contribution in [3.8, 4) is 11.1 Å². The number of pyridine rings is 1. The lowest BCUT2D eigenvalue weighted by molar-refractivity contribution is -0.114. The molecular weight excluding hydrogens is 346 g/mol. The Hall–Kier alpha value is -3.14. The number of nitrogens with zero attached hydrogens (tertiary/aromatic N) is 2. The van der Waals surface area contributed by atoms with Gasteiger partial charge in [-0.15, -0.1) is 0 Å². The second kappa shape index (κ2) is 10.3. The molecular formula is C24H27N3O. The van der Waals surface area contributed by atoms with Gasteiger partial charge in [-0.05, 0) is 42.5 Å². The highest BCUT2D eigenvalue weighted by molar-refractivity contribution is 5.88. The van der Waals surface area contributed by atoms with Gasteiger partial charge >= 0.3 is 0 Å². The highest BCUT2D eigenvalue weighted by Gasteiger charge is 2.11. The van der Waals surface area contributed by atoms with Crippen LogP contribution in [0.1, 0.15) is 26.2 Å². The molecule has 1 fully saturated rings. The predicted molar refractivity (Wildman–Crippen MR) is 116 cm³/mol. The van der Waals surface area contributed by atoms with Gasteiger partial charge in [0.15, 0.2) is 0 Å². The van der Waals surface area contributed by atoms with Crippen LogP contribution in [0, 0.1) is 0 Å². The molecule has 1 aliphatic rings. The monoisotopic (exact) mass is 373 g/mol. The molecule has 0 saturated carbocycles. The van der Waals surface area contributed by atoms with Crippen molar-refractivity contribution in [2.75, 3.05) is 23.3 Å². The number of nitrogens with one attached hydrogen (secondary N) is 1. The highest BCUT2D eigenvalue weighted by Crippen LogP contribution is 2.19. The van der Waals surface area contributed by atoms with Crippen LogP contribution >= 0.6 is 0 Å². The summed E-state index contributed by atoms with van der Waals surface area (Å²) in [6.07, 6.45) is 5.52. The smallest absolute Gasteiger partial charge is 0.221 e. The molecule has 28 heavy (non-hydrogen) atoms. The number of hydrogen-bond donors (Lipinski definition) is 1. The van der Waals surface area contributed by atoms with Gasteiger partial charge in [0, 0.05) is 20.0 Å². The van der Waals surface area contributed by atoms with Crippen LogP contribution in [0.15, 0.2) is 79.0 Å². The van der Waals surface area contributed by atoms with Crippen LogP contribution in [-0.2, 0) is 4.79 Å². The fourth-order valence-corrected chi connectivity index (χ4v) is 3.23. The molecule has 0 unspecified atom stereocenters. The highest BCUT2D eigenvalue weighted by atomic mass is 16.1. The van der Waals surface area contributed by atoms with Gasteiger partial charge in [0.1, 0.15) is 5.82 Å². The molecule has 1 amide bonds. The minimum absolute atomic E-state index is 0.0625. The van der Waals surface area contributed by atoms with Gasteiger partial charge in [-0.1, -0.05) is 60.7 Å². The SMILES string of the molecule is CC(=O)Nc1ccc(N2CCCCC2)nc1.c1ccc(-c2ccccc2)cc1. The summed E-state index contributed by atoms with van der Waals surface area (Å²) in [7, 11) is 0. The van der Waals surface area contributed by atoms with Crippen molar-refractivity contribution < 1.29 is 4.79 Å². The second-order valence-corrected chi connectivity index (χ2v) is 6.87. The van der Waals surface area contributed by atoms with E-state index in [0.29, 0.717) is 0 Å². The maximum absolute atomic E-state index is 10.9. The Morgan fingerprint density at radius 2 is 1.39 bits per heavy atom. The van der Waals surface area contributed by atoms with Gasteiger partial charge in [0.05, 0.1) is 11.9 Å². The molecule has 4 heteroatoms. The molecule has 2 heterocycles. The van der Waals surface area contributed by atoms with E-state index >= 15 is 0 Å². The lowest BCUT2D eigenvalue weighted by Gasteiger charge is -2.27. The Morgan fingerprint density at radius 1 is 0.821 bits per heavy atom. The maximum Gasteiger partial charge on any atom is 0.221 e. The topological polar surface area (TPSA) is 45.2 Å². The molecule has 2 aromatic carbocycles. The molecule has 0 bridgehead atoms. The van der Waals surface area contributed by atoms with Gasteiger partial charge in [0.2, 0.25) is 5.91 Å². The third-order valence-corrected chi connectivity index (χ3v) is 4.63. The summed E-state index contributed by atoms with van der Waals surface area (Å²) < 4.78 is 0. The average molecular weight is 374 g/mol. The first-order chi connectivity index (χ1) is 13.7. The number of rotatable bonds is 3. The molecule has 144 valence electrons. The van der Waals surface area contributed by atoms with Crippen molar-refractivity contribution in [2.45, 2.75) is 26.2 Å². The van der Waals surface area contributed by atoms with Crippen molar-refractivity contribution in [2.24, 2.45) is 0 Å². The zero-order valence-corrected chi connectivity index (χ0v) is 16.3. The summed E-state index contributed by atoms with van der Waals surface area (Å²) in [5.41, 5.74) is 3.31. The Balaban J connectivity index is 0.000000167. The Labute approximate surface area is 167 Å². The normalized spacial score (nSPS) is 13.2. The van der Waals surface area contributed by atoms with Crippen LogP contribution in [0.4, 0.5) is 11.5 Å². The minimum Gasteiger partial charge on any atom is -0.357 e. The molecule has 1 saturated heterocycles. The summed E-state index contributed by atoms with van der Waals surface area (Å²) in [6, 6.07) is 24.7. The summed E-state index contributed by atoms with van der Waals surface area (Å²) in [4.78, 5) is 17.5. The summed E-state index contributed by atoms with van der Waals surface area (Å²) in [6.45, 7) is 3.68. The number of amides is 1. The van der Waals surface area contributed by atoms with Crippen molar-refractivity contribution in [3.63, 3.8) is 0 Å². The van der Waals surface area contributed by atoms with Crippen LogP contribution in [0.3, 0.4) is 0 Å². The van der Waals surface area contributed by atoms with E-state index in [1.165, 1.54) is 37.3 Å². The van der Waals surface area contributed by atoms with Crippen LogP contribution < -0.4 is 10.2 Å². The Bertz CT molecular complexity index is 805. The fraction of sp³-hybridized carbons (Fsp3) is 0.250. The van der Waals surface area contributed by atoms with E-state index in [-0.39, 0.29) is 5.91 Å². The zero-order valence-electron chi connectivity index (χ0n) is 16.3. The van der Waals surface area contributed by atoms with E-state index in [2.05, 4.69) is 63.7 Å². The predicted octanol–water partition coefficient (Wildman–Crippen LogP) is 5.38. The number of hydrogen-bond acceptors (Lipinski definition) is 3. The Morgan fingerprint density at radius 3 is 1.86 bits per heavy atom. The summed E-state index contributed by atoms with van der Waals surface area (Å²) in [5.74, 6) is 0.946. The molecule has 1 aliphatic heterocycles. The number of piperidine rings is 1. The molecule has 0 radical (unpaired) electrons. The number of anilines is 2. The van der Waals surface area contributed by atoms with Crippen molar-refractivity contribution in [1.82, 2.24) is 4.98 Å². The van der Waals surface area contributed by atoms with Gasteiger partial charge in [-0.25, -0.2) is 4.98 Å². The lowest BCUT2D eigenvalue weighted by Crippen LogP contribution is -2.30. The first kappa shape index (κ1) is 19.6. The van der Waals surface area contributed by atoms with E-state index in [4.69, 9.17) is 0 Å². The van der Waals surface area contributed by atoms with Crippen LogP contribution in [0.25, 0.3) is 11.1 Å². The molecule has 4 rings (SSSR count). The molecule has 0 spiro atoms. The first-order valence-electron chi connectivity index (χ1n) is 9.81. The largest absolute Gasteiger partial charge is 0.357 e. The standard InChI is InChI=1S/C12H17N3O.C12H10/c1-10(16)14-11-5-6-12(13-9-11)15-7-3-2-4-8-15;1-3-7-11(8-4-1)12-9-5-2-6-10-12/h5-6,9H,2-4,7-8H2,1H3,(H,14,16);1-10H. The first-order valence-corrected chi connectivity index (χ1v) is 9.81. The van der Waals surface area contributed by atoms with Gasteiger partial charge in [-0.3, -0.25) is 4.79 Å². The van der Waals surface area contributed by atoms with Crippen LogP contribution in [0.5, 0.6) is 0 Å². The van der Waals surface area contributed by atoms with Gasteiger partial charge < -0.3 is 10.2 Å². The van der Waals surface area contributed by atoms with Crippen molar-refractivity contribution >= 4 is 17.4 Å². The quantitative estimate of drug-likeness (QED) is 0.670. The third kappa shape index (κ3) is 5.95. The van der Waals surface area contributed by atoms with Gasteiger partial charge in [0.25, 0.3) is 0 Å². The van der Waals surface area contributed by atoms with Crippen LogP contribution in [-0.4, -0.2) is 24.0 Å². The molecule has 0 aliphatic carbocycles. The molecule has 0 atom stereocenters. The molecule has 1 aromatic heterocycles.